The third-order valence-electron chi connectivity index (χ3n) is 2.62. The summed E-state index contributed by atoms with van der Waals surface area (Å²) in [5.74, 6) is 1.12. The summed E-state index contributed by atoms with van der Waals surface area (Å²) in [6.45, 7) is 0.964. The van der Waals surface area contributed by atoms with Gasteiger partial charge in [0.15, 0.2) is 5.16 Å². The fourth-order valence-electron chi connectivity index (χ4n) is 1.75. The van der Waals surface area contributed by atoms with Gasteiger partial charge in [0.05, 0.1) is 12.9 Å². The Morgan fingerprint density at radius 1 is 1.44 bits per heavy atom. The topological polar surface area (TPSA) is 57.0 Å². The molecule has 0 spiro atoms. The van der Waals surface area contributed by atoms with E-state index in [0.29, 0.717) is 5.75 Å². The molecule has 1 aliphatic rings. The number of ether oxygens (including phenoxy) is 1. The van der Waals surface area contributed by atoms with E-state index in [0.717, 1.165) is 30.4 Å². The minimum absolute atomic E-state index is 0.226. The maximum absolute atomic E-state index is 11.0. The monoisotopic (exact) mass is 241 g/mol. The first-order chi connectivity index (χ1) is 7.81. The lowest BCUT2D eigenvalue weighted by Crippen LogP contribution is -2.06. The summed E-state index contributed by atoms with van der Waals surface area (Å²) in [4.78, 5) is 11.0. The number of nitrogens with zero attached hydrogens (tertiary/aromatic N) is 3. The van der Waals surface area contributed by atoms with E-state index in [1.54, 1.807) is 0 Å². The van der Waals surface area contributed by atoms with E-state index in [9.17, 15) is 4.79 Å². The molecule has 5 nitrogen and oxygen atoms in total. The number of esters is 1. The molecule has 0 radical (unpaired) electrons. The van der Waals surface area contributed by atoms with Crippen molar-refractivity contribution in [2.24, 2.45) is 0 Å². The summed E-state index contributed by atoms with van der Waals surface area (Å²) in [6.07, 6.45) is 4.58. The minimum Gasteiger partial charge on any atom is -0.468 e. The molecule has 6 heteroatoms. The lowest BCUT2D eigenvalue weighted by atomic mass is 10.2. The zero-order valence-corrected chi connectivity index (χ0v) is 10.1. The van der Waals surface area contributed by atoms with Gasteiger partial charge in [-0.1, -0.05) is 18.2 Å². The molecule has 0 fully saturated rings. The van der Waals surface area contributed by atoms with Gasteiger partial charge in [-0.25, -0.2) is 0 Å². The molecule has 0 aliphatic carbocycles. The number of methoxy groups -OCH3 is 1. The number of fused-ring (bicyclic) bond motifs is 1. The molecule has 88 valence electrons. The van der Waals surface area contributed by atoms with Crippen molar-refractivity contribution in [1.82, 2.24) is 14.8 Å². The number of aryl methyl sites for hydroxylation is 1. The van der Waals surface area contributed by atoms with Crippen LogP contribution in [0.15, 0.2) is 5.16 Å². The Hall–Kier alpha value is -1.04. The highest BCUT2D eigenvalue weighted by molar-refractivity contribution is 7.99. The second-order valence-corrected chi connectivity index (χ2v) is 4.67. The Balaban J connectivity index is 2.04. The second kappa shape index (κ2) is 5.34. The standard InChI is InChI=1S/C10H15N3O2S/c1-15-9(14)7-16-10-12-11-8-5-3-2-4-6-13(8)10/h2-7H2,1H3. The Kier molecular flexibility index (Phi) is 3.82. The largest absolute Gasteiger partial charge is 0.468 e. The Morgan fingerprint density at radius 2 is 2.31 bits per heavy atom. The van der Waals surface area contributed by atoms with Gasteiger partial charge < -0.3 is 9.30 Å². The van der Waals surface area contributed by atoms with Crippen molar-refractivity contribution in [1.29, 1.82) is 0 Å². The third kappa shape index (κ3) is 2.55. The normalized spacial score (nSPS) is 15.3. The van der Waals surface area contributed by atoms with Crippen LogP contribution in [0.1, 0.15) is 25.1 Å². The maximum Gasteiger partial charge on any atom is 0.316 e. The molecule has 0 unspecified atom stereocenters. The molecular weight excluding hydrogens is 226 g/mol. The summed E-state index contributed by atoms with van der Waals surface area (Å²) in [7, 11) is 1.40. The van der Waals surface area contributed by atoms with E-state index in [1.165, 1.54) is 31.7 Å². The first kappa shape index (κ1) is 11.4. The molecule has 0 atom stereocenters. The number of rotatable bonds is 3. The lowest BCUT2D eigenvalue weighted by molar-refractivity contribution is -0.137. The summed E-state index contributed by atoms with van der Waals surface area (Å²) in [5, 5.41) is 9.11. The van der Waals surface area contributed by atoms with Crippen LogP contribution in [0, 0.1) is 0 Å². The van der Waals surface area contributed by atoms with Crippen molar-refractivity contribution in [3.05, 3.63) is 5.82 Å². The number of thioether (sulfide) groups is 1. The average Bonchev–Trinajstić information content (AvgIpc) is 2.54. The molecule has 0 amide bonds. The predicted molar refractivity (Wildman–Crippen MR) is 60.3 cm³/mol. The first-order valence-electron chi connectivity index (χ1n) is 5.43. The summed E-state index contributed by atoms with van der Waals surface area (Å²) in [5.41, 5.74) is 0. The molecule has 0 saturated heterocycles. The van der Waals surface area contributed by atoms with Crippen molar-refractivity contribution in [2.75, 3.05) is 12.9 Å². The smallest absolute Gasteiger partial charge is 0.316 e. The molecule has 0 bridgehead atoms. The number of hydrogen-bond acceptors (Lipinski definition) is 5. The van der Waals surface area contributed by atoms with Crippen molar-refractivity contribution >= 4 is 17.7 Å². The Bertz CT molecular complexity index is 378. The van der Waals surface area contributed by atoms with E-state index >= 15 is 0 Å². The van der Waals surface area contributed by atoms with Gasteiger partial charge in [0.1, 0.15) is 5.82 Å². The van der Waals surface area contributed by atoms with Crippen LogP contribution >= 0.6 is 11.8 Å². The highest BCUT2D eigenvalue weighted by atomic mass is 32.2. The highest BCUT2D eigenvalue weighted by Crippen LogP contribution is 2.21. The lowest BCUT2D eigenvalue weighted by Gasteiger charge is -2.05. The fourth-order valence-corrected chi connectivity index (χ4v) is 2.56. The fraction of sp³-hybridized carbons (Fsp3) is 0.700. The van der Waals surface area contributed by atoms with Gasteiger partial charge >= 0.3 is 5.97 Å². The molecular formula is C10H15N3O2S. The van der Waals surface area contributed by atoms with E-state index in [2.05, 4.69) is 19.5 Å². The van der Waals surface area contributed by atoms with Gasteiger partial charge in [0.2, 0.25) is 0 Å². The van der Waals surface area contributed by atoms with Gasteiger partial charge in [-0.05, 0) is 12.8 Å². The molecule has 0 saturated carbocycles. The van der Waals surface area contributed by atoms with Gasteiger partial charge in [0, 0.05) is 13.0 Å². The molecule has 2 rings (SSSR count). The van der Waals surface area contributed by atoms with Gasteiger partial charge in [0.25, 0.3) is 0 Å². The van der Waals surface area contributed by atoms with Crippen molar-refractivity contribution in [3.63, 3.8) is 0 Å². The zero-order chi connectivity index (χ0) is 11.4. The van der Waals surface area contributed by atoms with E-state index < -0.39 is 0 Å². The van der Waals surface area contributed by atoms with E-state index in [-0.39, 0.29) is 5.97 Å². The van der Waals surface area contributed by atoms with Crippen LogP contribution in [-0.4, -0.2) is 33.6 Å². The minimum atomic E-state index is -0.226. The van der Waals surface area contributed by atoms with E-state index in [4.69, 9.17) is 0 Å². The zero-order valence-electron chi connectivity index (χ0n) is 9.31. The summed E-state index contributed by atoms with van der Waals surface area (Å²) >= 11 is 1.40. The maximum atomic E-state index is 11.0. The van der Waals surface area contributed by atoms with Crippen LogP contribution in [0.3, 0.4) is 0 Å². The second-order valence-electron chi connectivity index (χ2n) is 3.73. The highest BCUT2D eigenvalue weighted by Gasteiger charge is 2.15. The SMILES string of the molecule is COC(=O)CSc1nnc2n1CCCCC2. The van der Waals surface area contributed by atoms with Crippen LogP contribution < -0.4 is 0 Å². The average molecular weight is 241 g/mol. The van der Waals surface area contributed by atoms with E-state index in [1.807, 2.05) is 0 Å². The van der Waals surface area contributed by atoms with Crippen molar-refractivity contribution < 1.29 is 9.53 Å². The molecule has 0 aromatic carbocycles. The van der Waals surface area contributed by atoms with Crippen molar-refractivity contribution in [2.45, 2.75) is 37.4 Å². The molecule has 16 heavy (non-hydrogen) atoms. The number of hydrogen-bond donors (Lipinski definition) is 0. The molecule has 0 N–H and O–H groups in total. The Morgan fingerprint density at radius 3 is 3.12 bits per heavy atom. The van der Waals surface area contributed by atoms with Crippen LogP contribution in [0.25, 0.3) is 0 Å². The van der Waals surface area contributed by atoms with Crippen LogP contribution in [0.5, 0.6) is 0 Å². The van der Waals surface area contributed by atoms with Crippen LogP contribution in [-0.2, 0) is 22.5 Å². The summed E-state index contributed by atoms with van der Waals surface area (Å²) < 4.78 is 6.73. The molecule has 2 heterocycles. The number of carbonyl (C=O) groups excluding carboxylic acids is 1. The number of carbonyl (C=O) groups is 1. The van der Waals surface area contributed by atoms with Gasteiger partial charge in [-0.15, -0.1) is 10.2 Å². The van der Waals surface area contributed by atoms with Crippen LogP contribution in [0.2, 0.25) is 0 Å². The predicted octanol–water partition coefficient (Wildman–Crippen LogP) is 1.27. The number of aromatic nitrogens is 3. The van der Waals surface area contributed by atoms with Crippen LogP contribution in [0.4, 0.5) is 0 Å². The third-order valence-corrected chi connectivity index (χ3v) is 3.56. The quantitative estimate of drug-likeness (QED) is 0.589. The molecule has 1 aliphatic heterocycles. The van der Waals surface area contributed by atoms with Crippen molar-refractivity contribution in [3.8, 4) is 0 Å². The summed E-state index contributed by atoms with van der Waals surface area (Å²) in [6, 6.07) is 0. The molecule has 1 aromatic rings. The first-order valence-corrected chi connectivity index (χ1v) is 6.41. The van der Waals surface area contributed by atoms with Gasteiger partial charge in [-0.2, -0.15) is 0 Å². The Labute approximate surface area is 98.6 Å². The van der Waals surface area contributed by atoms with Gasteiger partial charge in [-0.3, -0.25) is 4.79 Å². The molecule has 1 aromatic heterocycles.